The van der Waals surface area contributed by atoms with Gasteiger partial charge < -0.3 is 20.1 Å². The van der Waals surface area contributed by atoms with Gasteiger partial charge in [-0.15, -0.1) is 0 Å². The first-order chi connectivity index (χ1) is 13.5. The SMILES string of the molecule is O=C(O)CC1COCCN1C(=O)c1ccc(Nc2ccccc2)c([N+](=O)[O-])c1. The number of ether oxygens (including phenoxy) is 1. The number of anilines is 2. The lowest BCUT2D eigenvalue weighted by atomic mass is 10.1. The molecule has 0 spiro atoms. The van der Waals surface area contributed by atoms with Crippen LogP contribution >= 0.6 is 0 Å². The van der Waals surface area contributed by atoms with Crippen molar-refractivity contribution in [3.8, 4) is 0 Å². The smallest absolute Gasteiger partial charge is 0.305 e. The van der Waals surface area contributed by atoms with Crippen molar-refractivity contribution in [2.24, 2.45) is 0 Å². The van der Waals surface area contributed by atoms with Crippen LogP contribution < -0.4 is 5.32 Å². The van der Waals surface area contributed by atoms with E-state index in [1.807, 2.05) is 6.07 Å². The monoisotopic (exact) mass is 385 g/mol. The number of hydrogen-bond donors (Lipinski definition) is 2. The molecule has 1 unspecified atom stereocenters. The summed E-state index contributed by atoms with van der Waals surface area (Å²) >= 11 is 0. The maximum atomic E-state index is 12.9. The molecule has 1 saturated heterocycles. The lowest BCUT2D eigenvalue weighted by molar-refractivity contribution is -0.383. The average Bonchev–Trinajstić information content (AvgIpc) is 2.68. The summed E-state index contributed by atoms with van der Waals surface area (Å²) in [4.78, 5) is 36.3. The van der Waals surface area contributed by atoms with Gasteiger partial charge in [0.05, 0.1) is 30.6 Å². The number of carbonyl (C=O) groups is 2. The van der Waals surface area contributed by atoms with E-state index < -0.39 is 22.8 Å². The molecule has 1 heterocycles. The number of carboxylic acid groups (broad SMARTS) is 1. The number of morpholine rings is 1. The molecule has 1 fully saturated rings. The van der Waals surface area contributed by atoms with Crippen LogP contribution in [0.5, 0.6) is 0 Å². The van der Waals surface area contributed by atoms with E-state index in [2.05, 4.69) is 5.32 Å². The summed E-state index contributed by atoms with van der Waals surface area (Å²) in [6, 6.07) is 12.5. The van der Waals surface area contributed by atoms with Crippen LogP contribution in [-0.4, -0.2) is 52.6 Å². The molecular weight excluding hydrogens is 366 g/mol. The molecule has 28 heavy (non-hydrogen) atoms. The van der Waals surface area contributed by atoms with E-state index in [0.29, 0.717) is 5.69 Å². The minimum Gasteiger partial charge on any atom is -0.481 e. The van der Waals surface area contributed by atoms with Gasteiger partial charge in [-0.1, -0.05) is 18.2 Å². The van der Waals surface area contributed by atoms with Gasteiger partial charge in [-0.2, -0.15) is 0 Å². The molecule has 2 aromatic carbocycles. The van der Waals surface area contributed by atoms with Crippen molar-refractivity contribution < 1.29 is 24.4 Å². The maximum absolute atomic E-state index is 12.9. The fourth-order valence-electron chi connectivity index (χ4n) is 3.06. The summed E-state index contributed by atoms with van der Waals surface area (Å²) < 4.78 is 5.27. The first-order valence-corrected chi connectivity index (χ1v) is 8.66. The summed E-state index contributed by atoms with van der Waals surface area (Å²) in [6.07, 6.45) is -0.249. The highest BCUT2D eigenvalue weighted by atomic mass is 16.6. The van der Waals surface area contributed by atoms with E-state index in [0.717, 1.165) is 0 Å². The Hall–Kier alpha value is -3.46. The molecule has 1 aliphatic heterocycles. The molecule has 0 bridgehead atoms. The molecule has 0 radical (unpaired) electrons. The minimum atomic E-state index is -1.04. The Kier molecular flexibility index (Phi) is 5.85. The molecule has 1 aliphatic rings. The number of carboxylic acids is 1. The molecule has 9 heteroatoms. The molecule has 0 aliphatic carbocycles. The molecule has 9 nitrogen and oxygen atoms in total. The summed E-state index contributed by atoms with van der Waals surface area (Å²) in [5.41, 5.74) is 0.830. The molecule has 1 amide bonds. The number of amides is 1. The number of benzene rings is 2. The molecule has 0 aromatic heterocycles. The minimum absolute atomic E-state index is 0.119. The van der Waals surface area contributed by atoms with Gasteiger partial charge in [0.1, 0.15) is 5.69 Å². The van der Waals surface area contributed by atoms with Crippen molar-refractivity contribution in [3.05, 3.63) is 64.2 Å². The lowest BCUT2D eigenvalue weighted by Gasteiger charge is -2.34. The van der Waals surface area contributed by atoms with E-state index in [-0.39, 0.29) is 43.1 Å². The quantitative estimate of drug-likeness (QED) is 0.579. The number of aliphatic carboxylic acids is 1. The van der Waals surface area contributed by atoms with E-state index in [4.69, 9.17) is 9.84 Å². The van der Waals surface area contributed by atoms with Gasteiger partial charge in [-0.25, -0.2) is 0 Å². The van der Waals surface area contributed by atoms with Gasteiger partial charge >= 0.3 is 5.97 Å². The lowest BCUT2D eigenvalue weighted by Crippen LogP contribution is -2.49. The topological polar surface area (TPSA) is 122 Å². The number of nitro groups is 1. The summed E-state index contributed by atoms with van der Waals surface area (Å²) in [6.45, 7) is 0.639. The first kappa shape index (κ1) is 19.3. The van der Waals surface area contributed by atoms with Gasteiger partial charge in [0.15, 0.2) is 0 Å². The van der Waals surface area contributed by atoms with Gasteiger partial charge in [-0.3, -0.25) is 19.7 Å². The first-order valence-electron chi connectivity index (χ1n) is 8.66. The average molecular weight is 385 g/mol. The van der Waals surface area contributed by atoms with E-state index in [1.54, 1.807) is 24.3 Å². The number of carbonyl (C=O) groups excluding carboxylic acids is 1. The Balaban J connectivity index is 1.87. The molecule has 3 rings (SSSR count). The Bertz CT molecular complexity index is 886. The van der Waals surface area contributed by atoms with E-state index in [9.17, 15) is 19.7 Å². The number of rotatable bonds is 6. The molecular formula is C19H19N3O6. The van der Waals surface area contributed by atoms with Gasteiger partial charge in [0.25, 0.3) is 11.6 Å². The Morgan fingerprint density at radius 3 is 2.68 bits per heavy atom. The van der Waals surface area contributed by atoms with Crippen molar-refractivity contribution in [1.29, 1.82) is 0 Å². The van der Waals surface area contributed by atoms with E-state index in [1.165, 1.54) is 23.1 Å². The zero-order chi connectivity index (χ0) is 20.1. The molecule has 2 N–H and O–H groups in total. The van der Waals surface area contributed by atoms with Crippen molar-refractivity contribution in [2.75, 3.05) is 25.1 Å². The second-order valence-corrected chi connectivity index (χ2v) is 6.31. The maximum Gasteiger partial charge on any atom is 0.305 e. The van der Waals surface area contributed by atoms with Crippen LogP contribution in [0.15, 0.2) is 48.5 Å². The Morgan fingerprint density at radius 2 is 2.00 bits per heavy atom. The predicted molar refractivity (Wildman–Crippen MR) is 101 cm³/mol. The highest BCUT2D eigenvalue weighted by Gasteiger charge is 2.31. The summed E-state index contributed by atoms with van der Waals surface area (Å²) in [5, 5.41) is 23.5. The van der Waals surface area contributed by atoms with Gasteiger partial charge in [-0.05, 0) is 24.3 Å². The number of nitro benzene ring substituents is 1. The largest absolute Gasteiger partial charge is 0.481 e. The van der Waals surface area contributed by atoms with Crippen LogP contribution in [0.3, 0.4) is 0 Å². The summed E-state index contributed by atoms with van der Waals surface area (Å²) in [5.74, 6) is -1.49. The number of nitrogens with zero attached hydrogens (tertiary/aromatic N) is 2. The zero-order valence-corrected chi connectivity index (χ0v) is 14.9. The van der Waals surface area contributed by atoms with Gasteiger partial charge in [0, 0.05) is 23.9 Å². The number of nitrogens with one attached hydrogen (secondary N) is 1. The van der Waals surface area contributed by atoms with Crippen LogP contribution in [-0.2, 0) is 9.53 Å². The van der Waals surface area contributed by atoms with Crippen LogP contribution in [0.25, 0.3) is 0 Å². The molecule has 2 aromatic rings. The van der Waals surface area contributed by atoms with Crippen LogP contribution in [0.2, 0.25) is 0 Å². The Labute approximate surface area is 160 Å². The third-order valence-corrected chi connectivity index (χ3v) is 4.39. The predicted octanol–water partition coefficient (Wildman–Crippen LogP) is 2.65. The second kappa shape index (κ2) is 8.49. The third kappa shape index (κ3) is 4.44. The number of hydrogen-bond acceptors (Lipinski definition) is 6. The molecule has 146 valence electrons. The van der Waals surface area contributed by atoms with Crippen LogP contribution in [0, 0.1) is 10.1 Å². The third-order valence-electron chi connectivity index (χ3n) is 4.39. The number of para-hydroxylation sites is 1. The van der Waals surface area contributed by atoms with Crippen molar-refractivity contribution >= 4 is 28.9 Å². The van der Waals surface area contributed by atoms with Crippen LogP contribution in [0.1, 0.15) is 16.8 Å². The molecule has 0 saturated carbocycles. The fraction of sp³-hybridized carbons (Fsp3) is 0.263. The van der Waals surface area contributed by atoms with Crippen molar-refractivity contribution in [3.63, 3.8) is 0 Å². The zero-order valence-electron chi connectivity index (χ0n) is 14.9. The standard InChI is InChI=1S/C19H19N3O6/c23-18(24)11-15-12-28-9-8-21(15)19(25)13-6-7-16(17(10-13)22(26)27)20-14-4-2-1-3-5-14/h1-7,10,15,20H,8-9,11-12H2,(H,23,24). The van der Waals surface area contributed by atoms with Crippen LogP contribution in [0.4, 0.5) is 17.1 Å². The molecule has 1 atom stereocenters. The Morgan fingerprint density at radius 1 is 1.25 bits per heavy atom. The fourth-order valence-corrected chi connectivity index (χ4v) is 3.06. The second-order valence-electron chi connectivity index (χ2n) is 6.31. The van der Waals surface area contributed by atoms with Gasteiger partial charge in [0.2, 0.25) is 0 Å². The van der Waals surface area contributed by atoms with Crippen molar-refractivity contribution in [1.82, 2.24) is 4.90 Å². The normalized spacial score (nSPS) is 16.4. The summed E-state index contributed by atoms with van der Waals surface area (Å²) in [7, 11) is 0. The highest BCUT2D eigenvalue weighted by molar-refractivity contribution is 5.96. The van der Waals surface area contributed by atoms with E-state index >= 15 is 0 Å². The van der Waals surface area contributed by atoms with Crippen molar-refractivity contribution in [2.45, 2.75) is 12.5 Å². The highest BCUT2D eigenvalue weighted by Crippen LogP contribution is 2.29.